The third kappa shape index (κ3) is 8.56. The van der Waals surface area contributed by atoms with Crippen molar-refractivity contribution in [1.29, 1.82) is 0 Å². The van der Waals surface area contributed by atoms with Gasteiger partial charge in [0.2, 0.25) is 0 Å². The van der Waals surface area contributed by atoms with Gasteiger partial charge in [-0.1, -0.05) is 29.3 Å². The highest BCUT2D eigenvalue weighted by molar-refractivity contribution is 6.35. The molecule has 14 heteroatoms. The van der Waals surface area contributed by atoms with Gasteiger partial charge in [-0.25, -0.2) is 14.6 Å². The van der Waals surface area contributed by atoms with Gasteiger partial charge in [-0.15, -0.1) is 0 Å². The highest BCUT2D eigenvalue weighted by Gasteiger charge is 2.27. The fraction of sp³-hybridized carbons (Fsp3) is 0.357. The number of anilines is 1. The summed E-state index contributed by atoms with van der Waals surface area (Å²) in [6, 6.07) is 7.23. The first-order chi connectivity index (χ1) is 20.0. The van der Waals surface area contributed by atoms with Gasteiger partial charge in [0.25, 0.3) is 0 Å². The molecule has 2 aromatic heterocycles. The average molecular weight is 626 g/mol. The van der Waals surface area contributed by atoms with E-state index in [9.17, 15) is 23.6 Å². The maximum absolute atomic E-state index is 13.0. The molecule has 0 amide bonds. The number of aromatic nitrogens is 2. The number of benzene rings is 1. The topological polar surface area (TPSA) is 114 Å². The summed E-state index contributed by atoms with van der Waals surface area (Å²) < 4.78 is 47.6. The monoisotopic (exact) mass is 625 g/mol. The second kappa shape index (κ2) is 13.8. The van der Waals surface area contributed by atoms with E-state index in [1.54, 1.807) is 25.1 Å². The number of hydrogen-bond acceptors (Lipinski definition) is 9. The quantitative estimate of drug-likeness (QED) is 0.144. The van der Waals surface area contributed by atoms with Crippen LogP contribution in [0.4, 0.5) is 14.6 Å². The summed E-state index contributed by atoms with van der Waals surface area (Å²) in [5, 5.41) is 11.8. The van der Waals surface area contributed by atoms with Gasteiger partial charge in [0.15, 0.2) is 30.5 Å². The van der Waals surface area contributed by atoms with Gasteiger partial charge in [-0.2, -0.15) is 13.5 Å². The van der Waals surface area contributed by atoms with Crippen molar-refractivity contribution < 1.29 is 42.0 Å². The van der Waals surface area contributed by atoms with Crippen molar-refractivity contribution in [3.8, 4) is 11.5 Å². The molecule has 224 valence electrons. The molecule has 0 bridgehead atoms. The zero-order valence-corrected chi connectivity index (χ0v) is 24.1. The van der Waals surface area contributed by atoms with Crippen LogP contribution in [0.1, 0.15) is 40.4 Å². The van der Waals surface area contributed by atoms with Crippen molar-refractivity contribution in [3.63, 3.8) is 0 Å². The van der Waals surface area contributed by atoms with E-state index in [0.717, 1.165) is 25.2 Å². The van der Waals surface area contributed by atoms with Gasteiger partial charge in [-0.05, 0) is 48.6 Å². The Morgan fingerprint density at radius 1 is 1.12 bits per heavy atom. The Hall–Kier alpha value is -3.90. The van der Waals surface area contributed by atoms with E-state index in [2.05, 4.69) is 9.72 Å². The number of halogens is 4. The molecule has 42 heavy (non-hydrogen) atoms. The van der Waals surface area contributed by atoms with E-state index >= 15 is 0 Å². The second-order valence-electron chi connectivity index (χ2n) is 9.69. The predicted molar refractivity (Wildman–Crippen MR) is 148 cm³/mol. The van der Waals surface area contributed by atoms with Crippen LogP contribution in [0.25, 0.3) is 0 Å². The van der Waals surface area contributed by atoms with Crippen molar-refractivity contribution in [2.75, 3.05) is 32.2 Å². The molecule has 1 aromatic carbocycles. The summed E-state index contributed by atoms with van der Waals surface area (Å²) in [4.78, 5) is 31.2. The molecule has 4 rings (SSSR count). The molecule has 1 fully saturated rings. The van der Waals surface area contributed by atoms with Crippen LogP contribution < -0.4 is 19.1 Å². The molecular weight excluding hydrogens is 599 g/mol. The van der Waals surface area contributed by atoms with E-state index in [0.29, 0.717) is 34.2 Å². The predicted octanol–water partition coefficient (Wildman–Crippen LogP) is 5.16. The molecular formula is C28H27Cl2F2N3O7. The van der Waals surface area contributed by atoms with Crippen LogP contribution in [0.5, 0.6) is 11.5 Å². The standard InChI is InChI=1S/C28H27Cl2F2N3O7/c1-34(2)25-8-6-18(11-33-25)27(37)40-15-26(36)41-23(10-19-20(29)12-35(38)13-21(19)30)17-5-7-22(42-28(31)32)24(9-17)39-14-16-3-4-16/h5-9,11-13,16,23,28H,3-4,10,14-15H2,1-2H3/t23-/m0/s1. The Morgan fingerprint density at radius 2 is 1.83 bits per heavy atom. The lowest BCUT2D eigenvalue weighted by molar-refractivity contribution is -0.605. The van der Waals surface area contributed by atoms with Crippen LogP contribution >= 0.6 is 23.2 Å². The average Bonchev–Trinajstić information content (AvgIpc) is 3.77. The number of esters is 2. The summed E-state index contributed by atoms with van der Waals surface area (Å²) in [7, 11) is 3.59. The van der Waals surface area contributed by atoms with E-state index in [-0.39, 0.29) is 33.5 Å². The number of alkyl halides is 2. The minimum Gasteiger partial charge on any atom is -0.619 e. The molecule has 0 spiro atoms. The molecule has 2 heterocycles. The molecule has 0 N–H and O–H groups in total. The highest BCUT2D eigenvalue weighted by atomic mass is 35.5. The maximum Gasteiger partial charge on any atom is 0.387 e. The number of nitrogens with zero attached hydrogens (tertiary/aromatic N) is 3. The number of hydrogen-bond donors (Lipinski definition) is 0. The molecule has 1 saturated carbocycles. The fourth-order valence-corrected chi connectivity index (χ4v) is 4.43. The maximum atomic E-state index is 13.0. The Kier molecular flexibility index (Phi) is 10.2. The summed E-state index contributed by atoms with van der Waals surface area (Å²) in [5.41, 5.74) is 0.753. The minimum atomic E-state index is -3.09. The summed E-state index contributed by atoms with van der Waals surface area (Å²) >= 11 is 12.5. The molecule has 10 nitrogen and oxygen atoms in total. The molecule has 0 aliphatic heterocycles. The second-order valence-corrected chi connectivity index (χ2v) is 10.5. The van der Waals surface area contributed by atoms with Crippen LogP contribution in [0.3, 0.4) is 0 Å². The van der Waals surface area contributed by atoms with Crippen LogP contribution in [0.2, 0.25) is 10.0 Å². The van der Waals surface area contributed by atoms with Gasteiger partial charge in [0.1, 0.15) is 22.0 Å². The van der Waals surface area contributed by atoms with Gasteiger partial charge in [0.05, 0.1) is 12.2 Å². The molecule has 1 atom stereocenters. The van der Waals surface area contributed by atoms with Crippen molar-refractivity contribution in [2.24, 2.45) is 5.92 Å². The highest BCUT2D eigenvalue weighted by Crippen LogP contribution is 2.37. The third-order valence-corrected chi connectivity index (χ3v) is 6.86. The van der Waals surface area contributed by atoms with Gasteiger partial charge in [-0.3, -0.25) is 0 Å². The Bertz CT molecular complexity index is 1400. The molecule has 3 aromatic rings. The summed E-state index contributed by atoms with van der Waals surface area (Å²) in [5.74, 6) is -0.929. The minimum absolute atomic E-state index is 0.0153. The van der Waals surface area contributed by atoms with Crippen molar-refractivity contribution in [2.45, 2.75) is 32.0 Å². The number of ether oxygens (including phenoxy) is 4. The van der Waals surface area contributed by atoms with Crippen molar-refractivity contribution in [3.05, 3.63) is 80.9 Å². The molecule has 0 radical (unpaired) electrons. The molecule has 1 aliphatic rings. The Balaban J connectivity index is 1.55. The lowest BCUT2D eigenvalue weighted by atomic mass is 10.0. The van der Waals surface area contributed by atoms with Gasteiger partial charge < -0.3 is 29.1 Å². The lowest BCUT2D eigenvalue weighted by Gasteiger charge is -2.21. The van der Waals surface area contributed by atoms with Crippen LogP contribution in [0, 0.1) is 11.1 Å². The van der Waals surface area contributed by atoms with Gasteiger partial charge >= 0.3 is 18.6 Å². The number of pyridine rings is 2. The van der Waals surface area contributed by atoms with E-state index in [1.807, 2.05) is 0 Å². The lowest BCUT2D eigenvalue weighted by Crippen LogP contribution is -2.26. The molecule has 0 unspecified atom stereocenters. The third-order valence-electron chi connectivity index (χ3n) is 6.21. The van der Waals surface area contributed by atoms with Gasteiger partial charge in [0, 0.05) is 32.3 Å². The van der Waals surface area contributed by atoms with Crippen LogP contribution in [-0.2, 0) is 20.7 Å². The smallest absolute Gasteiger partial charge is 0.387 e. The molecule has 0 saturated heterocycles. The Morgan fingerprint density at radius 3 is 2.43 bits per heavy atom. The number of rotatable bonds is 13. The fourth-order valence-electron chi connectivity index (χ4n) is 3.83. The van der Waals surface area contributed by atoms with E-state index in [4.69, 9.17) is 37.4 Å². The Labute approximate surface area is 250 Å². The van der Waals surface area contributed by atoms with Crippen LogP contribution in [0.15, 0.2) is 48.9 Å². The largest absolute Gasteiger partial charge is 0.619 e. The zero-order chi connectivity index (χ0) is 30.4. The SMILES string of the molecule is CN(C)c1ccc(C(=O)OCC(=O)O[C@@H](Cc2c(Cl)c[n+]([O-])cc2Cl)c2ccc(OC(F)F)c(OCC3CC3)c2)cn1. The first-order valence-corrected chi connectivity index (χ1v) is 13.5. The van der Waals surface area contributed by atoms with Crippen molar-refractivity contribution >= 4 is 41.0 Å². The van der Waals surface area contributed by atoms with E-state index < -0.39 is 31.3 Å². The van der Waals surface area contributed by atoms with E-state index in [1.165, 1.54) is 30.5 Å². The normalized spacial score (nSPS) is 13.4. The zero-order valence-electron chi connectivity index (χ0n) is 22.6. The summed E-state index contributed by atoms with van der Waals surface area (Å²) in [6.45, 7) is -3.52. The first kappa shape index (κ1) is 31.0. The number of carbonyl (C=O) groups is 2. The molecule has 1 aliphatic carbocycles. The summed E-state index contributed by atoms with van der Waals surface area (Å²) in [6.07, 6.45) is 4.21. The van der Waals surface area contributed by atoms with Crippen LogP contribution in [-0.4, -0.2) is 50.8 Å². The van der Waals surface area contributed by atoms with Crippen molar-refractivity contribution in [1.82, 2.24) is 4.98 Å². The first-order valence-electron chi connectivity index (χ1n) is 12.8. The number of carbonyl (C=O) groups excluding carboxylic acids is 2.